The van der Waals surface area contributed by atoms with Crippen LogP contribution in [0.15, 0.2) is 30.3 Å². The standard InChI is InChI=1S/C29H42N4O7S2/c1-6-10-20(24(36)26(38)30-16-22(35)32-23(18(2)34)19-11-8-7-9-12-19)31-25(37)21-15-29(41-13-14-42-29)17-33(21)27(39)40-28(3,4)5/h7-9,11-12,20-21,23-24,36H,6,10,13-17H2,1-5H3,(H,30,38)(H,31,37)(H,32,35)/t20?,21-,23+,24?/m0/s1. The third-order valence-electron chi connectivity index (χ3n) is 6.88. The maximum absolute atomic E-state index is 13.5. The van der Waals surface area contributed by atoms with E-state index in [4.69, 9.17) is 4.74 Å². The number of hydrogen-bond donors (Lipinski definition) is 4. The van der Waals surface area contributed by atoms with Gasteiger partial charge in [-0.1, -0.05) is 43.7 Å². The highest BCUT2D eigenvalue weighted by Crippen LogP contribution is 2.52. The molecule has 232 valence electrons. The monoisotopic (exact) mass is 622 g/mol. The Morgan fingerprint density at radius 2 is 1.74 bits per heavy atom. The van der Waals surface area contributed by atoms with Gasteiger partial charge in [0.1, 0.15) is 17.7 Å². The number of amides is 4. The zero-order valence-corrected chi connectivity index (χ0v) is 26.4. The summed E-state index contributed by atoms with van der Waals surface area (Å²) in [6, 6.07) is 6.09. The molecule has 4 atom stereocenters. The first-order valence-corrected chi connectivity index (χ1v) is 16.1. The summed E-state index contributed by atoms with van der Waals surface area (Å²) >= 11 is 3.46. The van der Waals surface area contributed by atoms with Gasteiger partial charge in [-0.15, -0.1) is 23.5 Å². The number of carbonyl (C=O) groups excluding carboxylic acids is 5. The van der Waals surface area contributed by atoms with Gasteiger partial charge in [0.15, 0.2) is 11.9 Å². The molecule has 0 aromatic heterocycles. The van der Waals surface area contributed by atoms with Crippen molar-refractivity contribution >= 4 is 53.1 Å². The van der Waals surface area contributed by atoms with Crippen LogP contribution in [0.1, 0.15) is 65.5 Å². The van der Waals surface area contributed by atoms with Gasteiger partial charge in [-0.25, -0.2) is 4.79 Å². The number of nitrogens with zero attached hydrogens (tertiary/aromatic N) is 1. The highest BCUT2D eigenvalue weighted by Gasteiger charge is 2.52. The van der Waals surface area contributed by atoms with E-state index >= 15 is 0 Å². The lowest BCUT2D eigenvalue weighted by Gasteiger charge is -2.30. The Hall–Kier alpha value is -2.77. The van der Waals surface area contributed by atoms with Gasteiger partial charge < -0.3 is 25.8 Å². The van der Waals surface area contributed by atoms with Crippen LogP contribution in [0.25, 0.3) is 0 Å². The Bertz CT molecular complexity index is 1140. The Labute approximate surface area is 255 Å². The molecule has 3 rings (SSSR count). The SMILES string of the molecule is CCCC(NC(=O)[C@@H]1CC2(CN1C(=O)OC(C)(C)C)SCCS2)C(O)C(=O)NCC(=O)N[C@H](C(C)=O)c1ccccc1. The van der Waals surface area contributed by atoms with Crippen molar-refractivity contribution in [2.45, 2.75) is 87.8 Å². The first kappa shape index (κ1) is 33.7. The maximum Gasteiger partial charge on any atom is 0.411 e. The molecule has 2 saturated heterocycles. The normalized spacial score (nSPS) is 20.0. The third kappa shape index (κ3) is 9.11. The fraction of sp³-hybridized carbons (Fsp3) is 0.621. The Kier molecular flexibility index (Phi) is 11.7. The van der Waals surface area contributed by atoms with Crippen molar-refractivity contribution in [1.29, 1.82) is 0 Å². The van der Waals surface area contributed by atoms with Crippen LogP contribution in [0.2, 0.25) is 0 Å². The molecule has 2 aliphatic heterocycles. The molecule has 4 amide bonds. The first-order valence-electron chi connectivity index (χ1n) is 14.1. The summed E-state index contributed by atoms with van der Waals surface area (Å²) in [6.45, 7) is 8.39. The zero-order valence-electron chi connectivity index (χ0n) is 24.8. The lowest BCUT2D eigenvalue weighted by Crippen LogP contribution is -2.56. The molecular formula is C29H42N4O7S2. The number of Topliss-reactive ketones (excluding diaryl/α,β-unsaturated/α-hetero) is 1. The topological polar surface area (TPSA) is 154 Å². The van der Waals surface area contributed by atoms with Crippen molar-refractivity contribution in [3.63, 3.8) is 0 Å². The Balaban J connectivity index is 1.63. The van der Waals surface area contributed by atoms with Gasteiger partial charge in [0.25, 0.3) is 5.91 Å². The minimum atomic E-state index is -1.64. The molecule has 2 aliphatic rings. The summed E-state index contributed by atoms with van der Waals surface area (Å²) in [5.74, 6) is -0.339. The number of nitrogens with one attached hydrogen (secondary N) is 3. The molecule has 1 aromatic carbocycles. The number of aliphatic hydroxyl groups excluding tert-OH is 1. The van der Waals surface area contributed by atoms with Gasteiger partial charge in [0.05, 0.1) is 16.7 Å². The molecule has 1 spiro atoms. The lowest BCUT2D eigenvalue weighted by molar-refractivity contribution is -0.135. The number of benzene rings is 1. The number of hydrogen-bond acceptors (Lipinski definition) is 9. The second-order valence-electron chi connectivity index (χ2n) is 11.5. The van der Waals surface area contributed by atoms with Gasteiger partial charge >= 0.3 is 6.09 Å². The Morgan fingerprint density at radius 3 is 2.31 bits per heavy atom. The van der Waals surface area contributed by atoms with E-state index in [1.807, 2.05) is 6.92 Å². The van der Waals surface area contributed by atoms with E-state index in [0.29, 0.717) is 31.4 Å². The highest BCUT2D eigenvalue weighted by molar-refractivity contribution is 8.21. The van der Waals surface area contributed by atoms with E-state index in [2.05, 4.69) is 16.0 Å². The summed E-state index contributed by atoms with van der Waals surface area (Å²) in [4.78, 5) is 65.5. The number of rotatable bonds is 11. The molecule has 2 unspecified atom stereocenters. The summed E-state index contributed by atoms with van der Waals surface area (Å²) in [6.07, 6.45) is -0.944. The lowest BCUT2D eigenvalue weighted by atomic mass is 10.0. The van der Waals surface area contributed by atoms with E-state index < -0.39 is 60.2 Å². The molecule has 42 heavy (non-hydrogen) atoms. The maximum atomic E-state index is 13.5. The van der Waals surface area contributed by atoms with E-state index in [9.17, 15) is 29.1 Å². The van der Waals surface area contributed by atoms with Crippen LogP contribution in [0, 0.1) is 0 Å². The molecule has 0 aliphatic carbocycles. The predicted octanol–water partition coefficient (Wildman–Crippen LogP) is 2.38. The fourth-order valence-corrected chi connectivity index (χ4v) is 8.18. The molecule has 1 aromatic rings. The van der Waals surface area contributed by atoms with E-state index in [1.165, 1.54) is 11.8 Å². The molecule has 13 heteroatoms. The van der Waals surface area contributed by atoms with E-state index in [1.54, 1.807) is 74.6 Å². The molecule has 2 heterocycles. The van der Waals surface area contributed by atoms with Crippen molar-refractivity contribution in [3.8, 4) is 0 Å². The molecule has 4 N–H and O–H groups in total. The molecular weight excluding hydrogens is 580 g/mol. The number of carbonyl (C=O) groups is 5. The van der Waals surface area contributed by atoms with Gasteiger partial charge in [-0.3, -0.25) is 24.1 Å². The van der Waals surface area contributed by atoms with Crippen molar-refractivity contribution in [1.82, 2.24) is 20.9 Å². The summed E-state index contributed by atoms with van der Waals surface area (Å²) in [5.41, 5.74) is -0.125. The smallest absolute Gasteiger partial charge is 0.411 e. The van der Waals surface area contributed by atoms with E-state index in [0.717, 1.165) is 11.5 Å². The first-order chi connectivity index (χ1) is 19.7. The van der Waals surface area contributed by atoms with Crippen LogP contribution in [0.4, 0.5) is 4.79 Å². The molecule has 11 nitrogen and oxygen atoms in total. The minimum Gasteiger partial charge on any atom is -0.444 e. The number of likely N-dealkylation sites (tertiary alicyclic amines) is 1. The average molecular weight is 623 g/mol. The molecule has 0 saturated carbocycles. The van der Waals surface area contributed by atoms with Crippen molar-refractivity contribution in [3.05, 3.63) is 35.9 Å². The van der Waals surface area contributed by atoms with Crippen LogP contribution in [0.3, 0.4) is 0 Å². The van der Waals surface area contributed by atoms with Gasteiger partial charge in [-0.2, -0.15) is 0 Å². The number of ether oxygens (including phenoxy) is 1. The molecule has 0 bridgehead atoms. The Morgan fingerprint density at radius 1 is 1.10 bits per heavy atom. The largest absolute Gasteiger partial charge is 0.444 e. The van der Waals surface area contributed by atoms with Crippen molar-refractivity contribution in [2.75, 3.05) is 24.6 Å². The average Bonchev–Trinajstić information content (AvgIpc) is 3.55. The minimum absolute atomic E-state index is 0.268. The van der Waals surface area contributed by atoms with Gasteiger partial charge in [-0.05, 0) is 39.7 Å². The second-order valence-corrected chi connectivity index (χ2v) is 14.7. The van der Waals surface area contributed by atoms with Crippen molar-refractivity contribution in [2.24, 2.45) is 0 Å². The fourth-order valence-electron chi connectivity index (χ4n) is 4.92. The summed E-state index contributed by atoms with van der Waals surface area (Å²) in [7, 11) is 0. The van der Waals surface area contributed by atoms with Crippen molar-refractivity contribution < 1.29 is 33.8 Å². The van der Waals surface area contributed by atoms with Gasteiger partial charge in [0.2, 0.25) is 11.8 Å². The highest BCUT2D eigenvalue weighted by atomic mass is 32.2. The van der Waals surface area contributed by atoms with Gasteiger partial charge in [0, 0.05) is 24.5 Å². The molecule has 2 fully saturated rings. The summed E-state index contributed by atoms with van der Waals surface area (Å²) in [5, 5.41) is 18.7. The second kappa shape index (κ2) is 14.6. The quantitative estimate of drug-likeness (QED) is 0.291. The van der Waals surface area contributed by atoms with Crippen LogP contribution in [-0.2, 0) is 23.9 Å². The number of ketones is 1. The zero-order chi connectivity index (χ0) is 31.1. The third-order valence-corrected chi connectivity index (χ3v) is 10.3. The number of aliphatic hydroxyl groups is 1. The molecule has 0 radical (unpaired) electrons. The number of thioether (sulfide) groups is 2. The summed E-state index contributed by atoms with van der Waals surface area (Å²) < 4.78 is 5.28. The van der Waals surface area contributed by atoms with Crippen LogP contribution in [-0.4, -0.2) is 92.1 Å². The predicted molar refractivity (Wildman–Crippen MR) is 163 cm³/mol. The van der Waals surface area contributed by atoms with Crippen LogP contribution >= 0.6 is 23.5 Å². The van der Waals surface area contributed by atoms with Crippen LogP contribution in [0.5, 0.6) is 0 Å². The van der Waals surface area contributed by atoms with E-state index in [-0.39, 0.29) is 9.86 Å². The van der Waals surface area contributed by atoms with Crippen LogP contribution < -0.4 is 16.0 Å².